The molecule has 0 bridgehead atoms. The highest BCUT2D eigenvalue weighted by molar-refractivity contribution is 8.14. The average molecular weight is 524 g/mol. The third-order valence-corrected chi connectivity index (χ3v) is 7.68. The zero-order valence-corrected chi connectivity index (χ0v) is 19.8. The van der Waals surface area contributed by atoms with Gasteiger partial charge in [0.25, 0.3) is 11.0 Å². The number of oxime groups is 1. The van der Waals surface area contributed by atoms with E-state index in [0.29, 0.717) is 5.57 Å². The van der Waals surface area contributed by atoms with E-state index in [9.17, 15) is 24.3 Å². The molecule has 2 aromatic heterocycles. The summed E-state index contributed by atoms with van der Waals surface area (Å²) >= 11 is 3.17. The summed E-state index contributed by atoms with van der Waals surface area (Å²) in [5, 5.41) is 18.4. The number of β-lactam (4-membered cyclic amide) rings is 1. The van der Waals surface area contributed by atoms with Gasteiger partial charge in [-0.3, -0.25) is 14.4 Å². The Kier molecular flexibility index (Phi) is 6.95. The van der Waals surface area contributed by atoms with Crippen LogP contribution >= 0.6 is 34.9 Å². The van der Waals surface area contributed by atoms with E-state index >= 15 is 0 Å². The number of hydrogen-bond acceptors (Lipinski definition) is 12. The van der Waals surface area contributed by atoms with Crippen LogP contribution in [0.4, 0.5) is 5.13 Å². The summed E-state index contributed by atoms with van der Waals surface area (Å²) in [5.41, 5.74) is 6.02. The fourth-order valence-corrected chi connectivity index (χ4v) is 6.02. The van der Waals surface area contributed by atoms with Gasteiger partial charge in [-0.05, 0) is 23.1 Å². The van der Waals surface area contributed by atoms with Crippen LogP contribution in [0.1, 0.15) is 16.2 Å². The highest BCUT2D eigenvalue weighted by Crippen LogP contribution is 2.41. The lowest BCUT2D eigenvalue weighted by Crippen LogP contribution is -2.74. The molecule has 0 radical (unpaired) electrons. The third-order valence-electron chi connectivity index (χ3n) is 4.84. The summed E-state index contributed by atoms with van der Waals surface area (Å²) in [5.74, 6) is -2.31. The van der Waals surface area contributed by atoms with Gasteiger partial charge in [-0.15, -0.1) is 23.1 Å². The fraction of sp³-hybridized carbons (Fsp3) is 0.263. The lowest BCUT2D eigenvalue weighted by Gasteiger charge is -2.51. The number of furan rings is 1. The summed E-state index contributed by atoms with van der Waals surface area (Å²) in [6, 6.07) is 0.854. The predicted molar refractivity (Wildman–Crippen MR) is 125 cm³/mol. The largest absolute Gasteiger partial charge is 0.479 e. The molecule has 4 N–H and O–H groups in total. The van der Waals surface area contributed by atoms with Crippen LogP contribution in [-0.4, -0.2) is 73.9 Å². The Morgan fingerprint density at radius 3 is 2.85 bits per heavy atom. The van der Waals surface area contributed by atoms with E-state index in [1.165, 1.54) is 41.5 Å². The van der Waals surface area contributed by atoms with Crippen LogP contribution in [0.5, 0.6) is 0 Å². The number of aliphatic carboxylic acids is 1. The van der Waals surface area contributed by atoms with E-state index in [4.69, 9.17) is 15.0 Å². The summed E-state index contributed by atoms with van der Waals surface area (Å²) in [6.45, 7) is 0. The number of thioether (sulfide) groups is 2. The molecule has 12 nitrogen and oxygen atoms in total. The van der Waals surface area contributed by atoms with E-state index in [2.05, 4.69) is 15.5 Å². The summed E-state index contributed by atoms with van der Waals surface area (Å²) in [7, 11) is 1.26. The van der Waals surface area contributed by atoms with Crippen LogP contribution in [0, 0.1) is 0 Å². The summed E-state index contributed by atoms with van der Waals surface area (Å²) < 4.78 is 5.05. The summed E-state index contributed by atoms with van der Waals surface area (Å²) in [4.78, 5) is 59.7. The number of nitrogen functional groups attached to an aromatic ring is 1. The van der Waals surface area contributed by atoms with Crippen LogP contribution in [0.3, 0.4) is 0 Å². The maximum atomic E-state index is 12.9. The van der Waals surface area contributed by atoms with Crippen LogP contribution in [0.25, 0.3) is 0 Å². The minimum atomic E-state index is -1.26. The second-order valence-electron chi connectivity index (χ2n) is 6.90. The lowest BCUT2D eigenvalue weighted by molar-refractivity contribution is -0.159. The molecule has 1 fully saturated rings. The van der Waals surface area contributed by atoms with Crippen molar-refractivity contribution in [2.45, 2.75) is 17.5 Å². The SMILES string of the molecule is CO/N=C(\C(=O)N[C@@H]1C(=O)N2C(C(=O)O)C(CSC(=O)c3ccco3)=CS[C@H]12)c1csc(N)n1. The van der Waals surface area contributed by atoms with E-state index < -0.39 is 35.2 Å². The number of carbonyl (C=O) groups excluding carboxylic acids is 3. The number of carbonyl (C=O) groups is 4. The predicted octanol–water partition coefficient (Wildman–Crippen LogP) is 0.979. The van der Waals surface area contributed by atoms with Gasteiger partial charge < -0.3 is 30.3 Å². The molecule has 0 aliphatic carbocycles. The molecule has 2 aromatic rings. The Bertz CT molecular complexity index is 1190. The number of aromatic nitrogens is 1. The van der Waals surface area contributed by atoms with Gasteiger partial charge in [0.1, 0.15) is 24.2 Å². The fourth-order valence-electron chi connectivity index (χ4n) is 3.35. The molecule has 1 unspecified atom stereocenters. The van der Waals surface area contributed by atoms with Crippen molar-refractivity contribution in [1.29, 1.82) is 0 Å². The van der Waals surface area contributed by atoms with Crippen LogP contribution in [-0.2, 0) is 19.2 Å². The zero-order chi connectivity index (χ0) is 24.4. The molecule has 34 heavy (non-hydrogen) atoms. The molecule has 15 heteroatoms. The van der Waals surface area contributed by atoms with Gasteiger partial charge in [0.2, 0.25) is 5.91 Å². The van der Waals surface area contributed by atoms with Crippen molar-refractivity contribution in [2.75, 3.05) is 18.6 Å². The van der Waals surface area contributed by atoms with E-state index in [0.717, 1.165) is 23.1 Å². The molecular formula is C19H17N5O7S3. The number of thiazole rings is 1. The van der Waals surface area contributed by atoms with Crippen LogP contribution in [0.15, 0.2) is 44.3 Å². The van der Waals surface area contributed by atoms with Crippen molar-refractivity contribution < 1.29 is 33.5 Å². The Hall–Kier alpha value is -3.30. The average Bonchev–Trinajstić information content (AvgIpc) is 3.50. The number of carboxylic acid groups (broad SMARTS) is 1. The maximum absolute atomic E-state index is 12.9. The quantitative estimate of drug-likeness (QED) is 0.255. The standard InChI is InChI=1S/C19H17N5O7S3/c1-30-23-11(9-7-34-19(20)21-9)14(25)22-12-15(26)24-13(17(27)28)8(5-32-16(12)24)6-33-18(29)10-3-2-4-31-10/h2-5,7,12-13,16H,6H2,1H3,(H2,20,21)(H,22,25)(H,27,28)/b23-11-/t12-,13?,16-/m1/s1. The van der Waals surface area contributed by atoms with E-state index in [1.54, 1.807) is 11.5 Å². The number of amides is 2. The smallest absolute Gasteiger partial charge is 0.330 e. The number of nitrogens with two attached hydrogens (primary N) is 1. The Balaban J connectivity index is 1.46. The van der Waals surface area contributed by atoms with Crippen molar-refractivity contribution >= 4 is 68.6 Å². The molecule has 1 saturated heterocycles. The number of hydrogen-bond donors (Lipinski definition) is 3. The zero-order valence-electron chi connectivity index (χ0n) is 17.4. The van der Waals surface area contributed by atoms with E-state index in [-0.39, 0.29) is 33.2 Å². The molecule has 178 valence electrons. The van der Waals surface area contributed by atoms with Crippen molar-refractivity contribution in [1.82, 2.24) is 15.2 Å². The molecule has 2 aliphatic heterocycles. The number of fused-ring (bicyclic) bond motifs is 1. The van der Waals surface area contributed by atoms with Crippen molar-refractivity contribution in [3.8, 4) is 0 Å². The Morgan fingerprint density at radius 2 is 2.24 bits per heavy atom. The number of nitrogens with one attached hydrogen (secondary N) is 1. The van der Waals surface area contributed by atoms with Crippen molar-refractivity contribution in [3.63, 3.8) is 0 Å². The summed E-state index contributed by atoms with van der Waals surface area (Å²) in [6.07, 6.45) is 1.37. The van der Waals surface area contributed by atoms with Crippen molar-refractivity contribution in [3.05, 3.63) is 46.2 Å². The number of carboxylic acids is 1. The van der Waals surface area contributed by atoms with Gasteiger partial charge in [0, 0.05) is 11.1 Å². The first kappa shape index (κ1) is 23.8. The first-order chi connectivity index (χ1) is 16.3. The van der Waals surface area contributed by atoms with Gasteiger partial charge in [0.15, 0.2) is 22.6 Å². The van der Waals surface area contributed by atoms with Gasteiger partial charge in [-0.2, -0.15) is 0 Å². The molecule has 4 rings (SSSR count). The van der Waals surface area contributed by atoms with E-state index in [1.807, 2.05) is 0 Å². The highest BCUT2D eigenvalue weighted by atomic mass is 32.2. The first-order valence-electron chi connectivity index (χ1n) is 9.55. The highest BCUT2D eigenvalue weighted by Gasteiger charge is 2.56. The minimum absolute atomic E-state index is 0.0624. The second-order valence-corrected chi connectivity index (χ2v) is 9.73. The van der Waals surface area contributed by atoms with Gasteiger partial charge in [-0.25, -0.2) is 9.78 Å². The molecule has 0 spiro atoms. The normalized spacial score (nSPS) is 21.9. The van der Waals surface area contributed by atoms with Gasteiger partial charge in [-0.1, -0.05) is 16.9 Å². The molecular weight excluding hydrogens is 506 g/mol. The molecule has 4 heterocycles. The molecule has 0 aromatic carbocycles. The lowest BCUT2D eigenvalue weighted by atomic mass is 9.98. The van der Waals surface area contributed by atoms with Crippen molar-refractivity contribution in [2.24, 2.45) is 5.16 Å². The molecule has 0 saturated carbocycles. The minimum Gasteiger partial charge on any atom is -0.479 e. The van der Waals surface area contributed by atoms with Crippen LogP contribution in [0.2, 0.25) is 0 Å². The second kappa shape index (κ2) is 9.90. The van der Waals surface area contributed by atoms with Gasteiger partial charge >= 0.3 is 5.97 Å². The molecule has 3 atom stereocenters. The molecule has 2 aliphatic rings. The first-order valence-corrected chi connectivity index (χ1v) is 12.4. The monoisotopic (exact) mass is 523 g/mol. The Morgan fingerprint density at radius 1 is 1.44 bits per heavy atom. The van der Waals surface area contributed by atoms with Crippen LogP contribution < -0.4 is 11.1 Å². The van der Waals surface area contributed by atoms with Gasteiger partial charge in [0.05, 0.1) is 6.26 Å². The molecule has 2 amide bonds. The topological polar surface area (TPSA) is 177 Å². The Labute approximate surface area is 204 Å². The number of anilines is 1. The maximum Gasteiger partial charge on any atom is 0.330 e. The number of rotatable bonds is 8. The number of nitrogens with zero attached hydrogens (tertiary/aromatic N) is 3. The third kappa shape index (κ3) is 4.53.